The van der Waals surface area contributed by atoms with Crippen LogP contribution in [0.15, 0.2) is 12.7 Å². The highest BCUT2D eigenvalue weighted by Gasteiger charge is 2.21. The average molecular weight is 209 g/mol. The maximum absolute atomic E-state index is 11.5. The first kappa shape index (κ1) is 10.6. The molecule has 0 aromatic carbocycles. The molecule has 3 saturated heterocycles. The van der Waals surface area contributed by atoms with Gasteiger partial charge in [-0.05, 0) is 6.08 Å². The van der Waals surface area contributed by atoms with Crippen molar-refractivity contribution in [1.29, 1.82) is 0 Å². The summed E-state index contributed by atoms with van der Waals surface area (Å²) in [7, 11) is 0. The van der Waals surface area contributed by atoms with Crippen molar-refractivity contribution in [3.05, 3.63) is 12.7 Å². The Morgan fingerprint density at radius 2 is 1.27 bits per heavy atom. The number of fused-ring (bicyclic) bond motifs is 6. The molecule has 1 amide bonds. The number of piperazine rings is 1. The van der Waals surface area contributed by atoms with Crippen molar-refractivity contribution in [3.8, 4) is 0 Å². The van der Waals surface area contributed by atoms with Crippen LogP contribution >= 0.6 is 0 Å². The molecule has 3 aliphatic rings. The molecule has 3 rings (SSSR count). The van der Waals surface area contributed by atoms with Crippen LogP contribution in [0.25, 0.3) is 0 Å². The van der Waals surface area contributed by atoms with Crippen molar-refractivity contribution >= 4 is 5.91 Å². The molecule has 0 aliphatic carbocycles. The van der Waals surface area contributed by atoms with Gasteiger partial charge in [0.25, 0.3) is 0 Å². The number of hydrogen-bond acceptors (Lipinski definition) is 3. The predicted octanol–water partition coefficient (Wildman–Crippen LogP) is -0.368. The number of nitrogens with zero attached hydrogens (tertiary/aromatic N) is 3. The molecule has 3 fully saturated rings. The summed E-state index contributed by atoms with van der Waals surface area (Å²) in [6.45, 7) is 11.9. The van der Waals surface area contributed by atoms with E-state index in [-0.39, 0.29) is 5.91 Å². The van der Waals surface area contributed by atoms with Crippen molar-refractivity contribution in [2.45, 2.75) is 0 Å². The minimum Gasteiger partial charge on any atom is -0.337 e. The second-order valence-corrected chi connectivity index (χ2v) is 4.21. The molecule has 0 aromatic rings. The molecule has 3 aliphatic heterocycles. The van der Waals surface area contributed by atoms with Crippen molar-refractivity contribution in [1.82, 2.24) is 14.7 Å². The first-order valence-corrected chi connectivity index (χ1v) is 5.65. The van der Waals surface area contributed by atoms with E-state index >= 15 is 0 Å². The highest BCUT2D eigenvalue weighted by atomic mass is 16.2. The summed E-state index contributed by atoms with van der Waals surface area (Å²) in [6.07, 6.45) is 1.42. The number of carbonyl (C=O) groups excluding carboxylic acids is 1. The van der Waals surface area contributed by atoms with Crippen LogP contribution in [0.4, 0.5) is 0 Å². The quantitative estimate of drug-likeness (QED) is 0.551. The van der Waals surface area contributed by atoms with E-state index in [4.69, 9.17) is 0 Å². The summed E-state index contributed by atoms with van der Waals surface area (Å²) < 4.78 is 0. The van der Waals surface area contributed by atoms with E-state index in [1.54, 1.807) is 0 Å². The lowest BCUT2D eigenvalue weighted by atomic mass is 10.3. The molecule has 84 valence electrons. The zero-order valence-electron chi connectivity index (χ0n) is 9.19. The molecular formula is C11H19N3O. The number of hydrogen-bond donors (Lipinski definition) is 0. The van der Waals surface area contributed by atoms with E-state index in [2.05, 4.69) is 16.4 Å². The van der Waals surface area contributed by atoms with Crippen LogP contribution in [0, 0.1) is 0 Å². The van der Waals surface area contributed by atoms with Crippen molar-refractivity contribution < 1.29 is 4.79 Å². The maximum Gasteiger partial charge on any atom is 0.246 e. The number of rotatable bonds is 1. The number of carbonyl (C=O) groups is 1. The second-order valence-electron chi connectivity index (χ2n) is 4.21. The van der Waals surface area contributed by atoms with E-state index in [0.29, 0.717) is 0 Å². The molecule has 4 heteroatoms. The van der Waals surface area contributed by atoms with Crippen LogP contribution < -0.4 is 0 Å². The molecule has 3 heterocycles. The van der Waals surface area contributed by atoms with Gasteiger partial charge in [0.15, 0.2) is 0 Å². The van der Waals surface area contributed by atoms with Crippen molar-refractivity contribution in [2.24, 2.45) is 0 Å². The maximum atomic E-state index is 11.5. The molecule has 0 saturated carbocycles. The van der Waals surface area contributed by atoms with E-state index in [0.717, 1.165) is 52.4 Å². The van der Waals surface area contributed by atoms with Crippen LogP contribution in [-0.4, -0.2) is 73.0 Å². The van der Waals surface area contributed by atoms with Gasteiger partial charge in [-0.3, -0.25) is 14.6 Å². The highest BCUT2D eigenvalue weighted by molar-refractivity contribution is 5.87. The molecule has 0 unspecified atom stereocenters. The second kappa shape index (κ2) is 4.77. The Bertz CT molecular complexity index is 230. The van der Waals surface area contributed by atoms with Gasteiger partial charge in [-0.15, -0.1) is 0 Å². The fourth-order valence-electron chi connectivity index (χ4n) is 2.22. The normalized spacial score (nSPS) is 31.6. The Morgan fingerprint density at radius 3 is 1.67 bits per heavy atom. The lowest BCUT2D eigenvalue weighted by Crippen LogP contribution is -2.46. The summed E-state index contributed by atoms with van der Waals surface area (Å²) >= 11 is 0. The molecule has 15 heavy (non-hydrogen) atoms. The molecule has 4 nitrogen and oxygen atoms in total. The zero-order chi connectivity index (χ0) is 10.7. The Kier molecular flexibility index (Phi) is 3.38. The fourth-order valence-corrected chi connectivity index (χ4v) is 2.22. The first-order chi connectivity index (χ1) is 7.29. The molecule has 0 atom stereocenters. The van der Waals surface area contributed by atoms with Gasteiger partial charge < -0.3 is 4.90 Å². The SMILES string of the molecule is C=CC(=O)N1CCN2CCN(CC2)CC1. The van der Waals surface area contributed by atoms with Gasteiger partial charge in [-0.25, -0.2) is 0 Å². The van der Waals surface area contributed by atoms with Gasteiger partial charge in [0.2, 0.25) is 5.91 Å². The lowest BCUT2D eigenvalue weighted by molar-refractivity contribution is -0.126. The Balaban J connectivity index is 1.99. The zero-order valence-corrected chi connectivity index (χ0v) is 9.19. The van der Waals surface area contributed by atoms with Gasteiger partial charge in [0, 0.05) is 52.4 Å². The van der Waals surface area contributed by atoms with E-state index in [1.165, 1.54) is 6.08 Å². The molecule has 0 N–H and O–H groups in total. The van der Waals surface area contributed by atoms with Crippen LogP contribution in [0.3, 0.4) is 0 Å². The minimum absolute atomic E-state index is 0.0682. The van der Waals surface area contributed by atoms with Gasteiger partial charge in [0.1, 0.15) is 0 Å². The Hall–Kier alpha value is -0.870. The van der Waals surface area contributed by atoms with E-state index in [9.17, 15) is 4.79 Å². The van der Waals surface area contributed by atoms with E-state index < -0.39 is 0 Å². The summed E-state index contributed by atoms with van der Waals surface area (Å²) in [5, 5.41) is 0. The van der Waals surface area contributed by atoms with Crippen LogP contribution in [-0.2, 0) is 4.79 Å². The molecular weight excluding hydrogens is 190 g/mol. The average Bonchev–Trinajstić information content (AvgIpc) is 2.44. The van der Waals surface area contributed by atoms with Crippen molar-refractivity contribution in [2.75, 3.05) is 52.4 Å². The largest absolute Gasteiger partial charge is 0.337 e. The standard InChI is InChI=1S/C11H19N3O/c1-2-11(15)14-9-7-12-3-4-13(6-5-12)8-10-14/h2H,1,3-10H2. The van der Waals surface area contributed by atoms with Crippen LogP contribution in [0.5, 0.6) is 0 Å². The third-order valence-corrected chi connectivity index (χ3v) is 3.32. The van der Waals surface area contributed by atoms with Gasteiger partial charge >= 0.3 is 0 Å². The third-order valence-electron chi connectivity index (χ3n) is 3.32. The van der Waals surface area contributed by atoms with E-state index in [1.807, 2.05) is 4.90 Å². The molecule has 2 bridgehead atoms. The van der Waals surface area contributed by atoms with Gasteiger partial charge in [0.05, 0.1) is 0 Å². The predicted molar refractivity (Wildman–Crippen MR) is 59.7 cm³/mol. The smallest absolute Gasteiger partial charge is 0.246 e. The number of amides is 1. The summed E-state index contributed by atoms with van der Waals surface area (Å²) in [5.41, 5.74) is 0. The highest BCUT2D eigenvalue weighted by Crippen LogP contribution is 2.06. The molecule has 0 radical (unpaired) electrons. The minimum atomic E-state index is 0.0682. The van der Waals surface area contributed by atoms with Crippen LogP contribution in [0.1, 0.15) is 0 Å². The Labute approximate surface area is 91.1 Å². The summed E-state index contributed by atoms with van der Waals surface area (Å²) in [6, 6.07) is 0. The monoisotopic (exact) mass is 209 g/mol. The first-order valence-electron chi connectivity index (χ1n) is 5.65. The lowest BCUT2D eigenvalue weighted by Gasteiger charge is -2.32. The Morgan fingerprint density at radius 1 is 0.867 bits per heavy atom. The molecule has 0 aromatic heterocycles. The van der Waals surface area contributed by atoms with Crippen LogP contribution in [0.2, 0.25) is 0 Å². The third kappa shape index (κ3) is 2.58. The van der Waals surface area contributed by atoms with Gasteiger partial charge in [-0.1, -0.05) is 6.58 Å². The van der Waals surface area contributed by atoms with Gasteiger partial charge in [-0.2, -0.15) is 0 Å². The van der Waals surface area contributed by atoms with Crippen molar-refractivity contribution in [3.63, 3.8) is 0 Å². The topological polar surface area (TPSA) is 26.8 Å². The molecule has 0 spiro atoms. The fraction of sp³-hybridized carbons (Fsp3) is 0.727. The summed E-state index contributed by atoms with van der Waals surface area (Å²) in [5.74, 6) is 0.0682. The summed E-state index contributed by atoms with van der Waals surface area (Å²) in [4.78, 5) is 18.3.